The molecule has 3 heteroatoms. The van der Waals surface area contributed by atoms with Crippen molar-refractivity contribution in [3.63, 3.8) is 0 Å². The number of hydrogen-bond acceptors (Lipinski definition) is 2. The van der Waals surface area contributed by atoms with Crippen LogP contribution < -0.4 is 10.6 Å². The fourth-order valence-electron chi connectivity index (χ4n) is 3.79. The van der Waals surface area contributed by atoms with Crippen molar-refractivity contribution < 1.29 is 5.11 Å². The van der Waals surface area contributed by atoms with E-state index in [1.54, 1.807) is 0 Å². The van der Waals surface area contributed by atoms with Crippen LogP contribution in [0.15, 0.2) is 36.4 Å². The van der Waals surface area contributed by atoms with Crippen molar-refractivity contribution in [3.05, 3.63) is 58.7 Å². The van der Waals surface area contributed by atoms with Crippen molar-refractivity contribution in [2.24, 2.45) is 0 Å². The number of hydrogen-bond donors (Lipinski definition) is 2. The highest BCUT2D eigenvalue weighted by Gasteiger charge is 2.33. The molecule has 0 heterocycles. The van der Waals surface area contributed by atoms with E-state index in [0.29, 0.717) is 14.3 Å². The second-order valence-electron chi connectivity index (χ2n) is 9.10. The van der Waals surface area contributed by atoms with E-state index in [1.165, 1.54) is 22.0 Å². The van der Waals surface area contributed by atoms with Crippen LogP contribution in [0.1, 0.15) is 76.1 Å². The molecule has 154 valence electrons. The van der Waals surface area contributed by atoms with Crippen LogP contribution in [0.3, 0.4) is 0 Å². The summed E-state index contributed by atoms with van der Waals surface area (Å²) in [4.78, 5) is 0. The zero-order chi connectivity index (χ0) is 20.9. The Labute approximate surface area is 173 Å². The van der Waals surface area contributed by atoms with Crippen molar-refractivity contribution in [1.82, 2.24) is 5.32 Å². The molecule has 2 aromatic carbocycles. The van der Waals surface area contributed by atoms with Crippen LogP contribution in [-0.2, 0) is 11.7 Å². The predicted molar refractivity (Wildman–Crippen MR) is 125 cm³/mol. The zero-order valence-corrected chi connectivity index (χ0v) is 19.7. The van der Waals surface area contributed by atoms with E-state index >= 15 is 0 Å². The van der Waals surface area contributed by atoms with Crippen LogP contribution in [0.2, 0.25) is 0 Å². The van der Waals surface area contributed by atoms with Crippen molar-refractivity contribution in [3.8, 4) is 5.75 Å². The van der Waals surface area contributed by atoms with Gasteiger partial charge in [0.2, 0.25) is 0 Å². The van der Waals surface area contributed by atoms with Gasteiger partial charge in [0.25, 0.3) is 0 Å². The molecule has 2 unspecified atom stereocenters. The van der Waals surface area contributed by atoms with Crippen LogP contribution in [0.25, 0.3) is 0 Å². The number of rotatable bonds is 8. The van der Waals surface area contributed by atoms with Gasteiger partial charge in [0.1, 0.15) is 5.75 Å². The van der Waals surface area contributed by atoms with Gasteiger partial charge in [0, 0.05) is 22.8 Å². The quantitative estimate of drug-likeness (QED) is 0.510. The smallest absolute Gasteiger partial charge is 0.119 e. The minimum absolute atomic E-state index is 0.0173. The highest BCUT2D eigenvalue weighted by atomic mass is 31.1. The molecular formula is C25H38NOP. The number of phenolic OH excluding ortho intramolecular Hbond substituents is 1. The van der Waals surface area contributed by atoms with E-state index in [4.69, 9.17) is 0 Å². The topological polar surface area (TPSA) is 32.3 Å². The molecule has 2 N–H and O–H groups in total. The SMILES string of the molecule is CCCC(CC)(Pc1ccc(C)cc1CNC(C)(C)C)c1cc(C)ccc1O. The summed E-state index contributed by atoms with van der Waals surface area (Å²) < 4.78 is 0. The molecular weight excluding hydrogens is 361 g/mol. The minimum atomic E-state index is -0.0173. The van der Waals surface area contributed by atoms with E-state index in [9.17, 15) is 5.11 Å². The predicted octanol–water partition coefficient (Wildman–Crippen LogP) is 6.31. The molecule has 0 radical (unpaired) electrons. The van der Waals surface area contributed by atoms with Crippen LogP contribution >= 0.6 is 8.58 Å². The molecule has 0 fully saturated rings. The lowest BCUT2D eigenvalue weighted by atomic mass is 9.89. The maximum atomic E-state index is 10.7. The van der Waals surface area contributed by atoms with Gasteiger partial charge in [-0.15, -0.1) is 0 Å². The average molecular weight is 400 g/mol. The second-order valence-corrected chi connectivity index (χ2v) is 10.8. The molecule has 0 bridgehead atoms. The van der Waals surface area contributed by atoms with Crippen molar-refractivity contribution in [2.75, 3.05) is 0 Å². The average Bonchev–Trinajstić information content (AvgIpc) is 2.62. The van der Waals surface area contributed by atoms with Gasteiger partial charge in [0.05, 0.1) is 0 Å². The number of phenols is 1. The lowest BCUT2D eigenvalue weighted by Crippen LogP contribution is -2.36. The highest BCUT2D eigenvalue weighted by Crippen LogP contribution is 2.51. The first-order valence-corrected chi connectivity index (χ1v) is 11.5. The fourth-order valence-corrected chi connectivity index (χ4v) is 5.68. The zero-order valence-electron chi connectivity index (χ0n) is 18.7. The van der Waals surface area contributed by atoms with Gasteiger partial charge in [-0.3, -0.25) is 0 Å². The maximum absolute atomic E-state index is 10.7. The first-order valence-electron chi connectivity index (χ1n) is 10.5. The summed E-state index contributed by atoms with van der Waals surface area (Å²) in [7, 11) is 0.631. The van der Waals surface area contributed by atoms with E-state index in [0.717, 1.165) is 31.4 Å². The third-order valence-electron chi connectivity index (χ3n) is 5.39. The van der Waals surface area contributed by atoms with Gasteiger partial charge in [0.15, 0.2) is 0 Å². The van der Waals surface area contributed by atoms with Crippen LogP contribution in [0.4, 0.5) is 0 Å². The van der Waals surface area contributed by atoms with Crippen LogP contribution in [0.5, 0.6) is 5.75 Å². The third-order valence-corrected chi connectivity index (χ3v) is 7.50. The van der Waals surface area contributed by atoms with Gasteiger partial charge in [-0.05, 0) is 64.4 Å². The molecule has 0 aromatic heterocycles. The summed E-state index contributed by atoms with van der Waals surface area (Å²) in [5.41, 5.74) is 5.10. The van der Waals surface area contributed by atoms with Crippen LogP contribution in [-0.4, -0.2) is 10.6 Å². The minimum Gasteiger partial charge on any atom is -0.508 e. The lowest BCUT2D eigenvalue weighted by molar-refractivity contribution is 0.425. The molecule has 0 spiro atoms. The summed E-state index contributed by atoms with van der Waals surface area (Å²) in [6.45, 7) is 16.3. The van der Waals surface area contributed by atoms with Gasteiger partial charge >= 0.3 is 0 Å². The molecule has 0 aliphatic carbocycles. The van der Waals surface area contributed by atoms with Gasteiger partial charge in [-0.25, -0.2) is 0 Å². The van der Waals surface area contributed by atoms with E-state index < -0.39 is 0 Å². The molecule has 0 amide bonds. The molecule has 0 aliphatic heterocycles. The molecule has 2 aromatic rings. The maximum Gasteiger partial charge on any atom is 0.119 e. The molecule has 0 aliphatic rings. The lowest BCUT2D eigenvalue weighted by Gasteiger charge is -2.35. The third kappa shape index (κ3) is 5.82. The Morgan fingerprint density at radius 1 is 0.964 bits per heavy atom. The summed E-state index contributed by atoms with van der Waals surface area (Å²) >= 11 is 0. The van der Waals surface area contributed by atoms with Gasteiger partial charge in [-0.1, -0.05) is 70.3 Å². The largest absolute Gasteiger partial charge is 0.508 e. The Morgan fingerprint density at radius 2 is 1.61 bits per heavy atom. The number of benzene rings is 2. The Balaban J connectivity index is 2.49. The summed E-state index contributed by atoms with van der Waals surface area (Å²) in [5, 5.41) is 15.8. The van der Waals surface area contributed by atoms with E-state index in [2.05, 4.69) is 78.0 Å². The number of aryl methyl sites for hydroxylation is 2. The van der Waals surface area contributed by atoms with E-state index in [-0.39, 0.29) is 10.7 Å². The first-order chi connectivity index (χ1) is 13.1. The monoisotopic (exact) mass is 399 g/mol. The Bertz CT molecular complexity index is 794. The molecule has 2 nitrogen and oxygen atoms in total. The number of nitrogens with one attached hydrogen (secondary N) is 1. The summed E-state index contributed by atoms with van der Waals surface area (Å²) in [5.74, 6) is 0.440. The Kier molecular flexibility index (Phi) is 7.71. The normalized spacial score (nSPS) is 14.5. The van der Waals surface area contributed by atoms with Gasteiger partial charge in [-0.2, -0.15) is 0 Å². The molecule has 0 saturated carbocycles. The van der Waals surface area contributed by atoms with Gasteiger partial charge < -0.3 is 10.4 Å². The summed E-state index contributed by atoms with van der Waals surface area (Å²) in [6.07, 6.45) is 3.21. The molecule has 2 rings (SSSR count). The number of aromatic hydroxyl groups is 1. The second kappa shape index (κ2) is 9.42. The summed E-state index contributed by atoms with van der Waals surface area (Å²) in [6, 6.07) is 12.9. The fraction of sp³-hybridized carbons (Fsp3) is 0.520. The highest BCUT2D eigenvalue weighted by molar-refractivity contribution is 7.48. The van der Waals surface area contributed by atoms with Crippen LogP contribution in [0, 0.1) is 13.8 Å². The first kappa shape index (κ1) is 22.9. The van der Waals surface area contributed by atoms with Crippen molar-refractivity contribution >= 4 is 13.9 Å². The molecule has 28 heavy (non-hydrogen) atoms. The molecule has 0 saturated heterocycles. The Morgan fingerprint density at radius 3 is 2.21 bits per heavy atom. The molecule has 2 atom stereocenters. The Hall–Kier alpha value is -1.37. The standard InChI is InChI=1S/C25H38NOP/c1-8-14-25(9-2,21-16-19(4)10-12-22(21)27)28-23-13-11-18(3)15-20(23)17-26-24(5,6)7/h10-13,15-16,26-28H,8-9,14,17H2,1-7H3. The van der Waals surface area contributed by atoms with Crippen molar-refractivity contribution in [1.29, 1.82) is 0 Å². The van der Waals surface area contributed by atoms with Crippen molar-refractivity contribution in [2.45, 2.75) is 85.0 Å². The van der Waals surface area contributed by atoms with E-state index in [1.807, 2.05) is 12.1 Å².